The molecule has 1 saturated carbocycles. The zero-order valence-electron chi connectivity index (χ0n) is 23.0. The predicted octanol–water partition coefficient (Wildman–Crippen LogP) is 4.45. The summed E-state index contributed by atoms with van der Waals surface area (Å²) in [7, 11) is 5.96. The third-order valence-corrected chi connectivity index (χ3v) is 8.28. The lowest BCUT2D eigenvalue weighted by atomic mass is 9.70. The van der Waals surface area contributed by atoms with Gasteiger partial charge in [0.15, 0.2) is 17.0 Å². The van der Waals surface area contributed by atoms with Gasteiger partial charge in [0, 0.05) is 24.1 Å². The van der Waals surface area contributed by atoms with Crippen molar-refractivity contribution < 1.29 is 43.1 Å². The van der Waals surface area contributed by atoms with Gasteiger partial charge >= 0.3 is 0 Å². The molecule has 9 heteroatoms. The van der Waals surface area contributed by atoms with Crippen LogP contribution in [0, 0.1) is 5.92 Å². The summed E-state index contributed by atoms with van der Waals surface area (Å²) in [5.41, 5.74) is -2.41. The third-order valence-electron chi connectivity index (χ3n) is 8.28. The smallest absolute Gasteiger partial charge is 0.284 e. The maximum absolute atomic E-state index is 14.2. The number of furan rings is 1. The van der Waals surface area contributed by atoms with Crippen molar-refractivity contribution in [2.75, 3.05) is 28.4 Å². The number of Topliss-reactive ketones (excluding diaryl/α,β-unsaturated/α-hetero) is 1. The highest BCUT2D eigenvalue weighted by Crippen LogP contribution is 2.70. The Hall–Kier alpha value is -4.47. The number of carbonyl (C=O) groups is 1. The minimum Gasteiger partial charge on any atom is -0.497 e. The molecule has 0 radical (unpaired) electrons. The van der Waals surface area contributed by atoms with E-state index in [0.717, 1.165) is 0 Å². The Morgan fingerprint density at radius 3 is 2.15 bits per heavy atom. The standard InChI is InChI=1S/C32H30O9/c1-36-20-12-10-19(11-13-20)32-27(18-8-6-5-7-9-18)26(29(33)22-14-15-25(39-4)40-22)30(34)31(32,35)28-23(38-3)16-21(37-2)17-24(28)41-32/h5-17,26-27,30,34-35H,1-4H3/t26-,27+,30+,31-,32-/m0/s1. The molecule has 4 aromatic rings. The lowest BCUT2D eigenvalue weighted by molar-refractivity contribution is -0.151. The van der Waals surface area contributed by atoms with Crippen molar-refractivity contribution in [2.24, 2.45) is 5.92 Å². The highest BCUT2D eigenvalue weighted by molar-refractivity contribution is 5.97. The number of ketones is 1. The Morgan fingerprint density at radius 2 is 1.54 bits per heavy atom. The van der Waals surface area contributed by atoms with Crippen LogP contribution in [0.1, 0.15) is 33.2 Å². The van der Waals surface area contributed by atoms with Gasteiger partial charge in [-0.3, -0.25) is 4.79 Å². The molecule has 2 heterocycles. The third kappa shape index (κ3) is 3.66. The molecule has 5 atom stereocenters. The molecule has 1 aliphatic carbocycles. The fraction of sp³-hybridized carbons (Fsp3) is 0.281. The second-order valence-corrected chi connectivity index (χ2v) is 10.1. The van der Waals surface area contributed by atoms with Gasteiger partial charge in [0.2, 0.25) is 5.78 Å². The quantitative estimate of drug-likeness (QED) is 0.303. The first-order valence-electron chi connectivity index (χ1n) is 13.1. The number of hydrogen-bond acceptors (Lipinski definition) is 9. The molecule has 1 fully saturated rings. The fourth-order valence-electron chi connectivity index (χ4n) is 6.52. The molecule has 3 aromatic carbocycles. The normalized spacial score (nSPS) is 26.0. The van der Waals surface area contributed by atoms with Crippen LogP contribution < -0.4 is 23.7 Å². The van der Waals surface area contributed by atoms with Gasteiger partial charge in [-0.15, -0.1) is 0 Å². The second kappa shape index (κ2) is 9.87. The number of aliphatic hydroxyl groups is 2. The van der Waals surface area contributed by atoms with E-state index in [1.165, 1.54) is 33.5 Å². The fourth-order valence-corrected chi connectivity index (χ4v) is 6.52. The topological polar surface area (TPSA) is 117 Å². The number of hydrogen-bond donors (Lipinski definition) is 2. The number of rotatable bonds is 8. The van der Waals surface area contributed by atoms with E-state index in [4.69, 9.17) is 28.1 Å². The Balaban J connectivity index is 1.67. The zero-order chi connectivity index (χ0) is 28.9. The van der Waals surface area contributed by atoms with Crippen molar-refractivity contribution in [3.8, 4) is 28.9 Å². The summed E-state index contributed by atoms with van der Waals surface area (Å²) in [6.45, 7) is 0. The molecule has 6 rings (SSSR count). The molecule has 0 spiro atoms. The predicted molar refractivity (Wildman–Crippen MR) is 147 cm³/mol. The van der Waals surface area contributed by atoms with Gasteiger partial charge in [-0.05, 0) is 29.3 Å². The van der Waals surface area contributed by atoms with Gasteiger partial charge < -0.3 is 38.3 Å². The molecule has 9 nitrogen and oxygen atoms in total. The van der Waals surface area contributed by atoms with E-state index in [1.54, 1.807) is 43.5 Å². The summed E-state index contributed by atoms with van der Waals surface area (Å²) in [6.07, 6.45) is -1.65. The number of methoxy groups -OCH3 is 4. The van der Waals surface area contributed by atoms with E-state index >= 15 is 0 Å². The van der Waals surface area contributed by atoms with E-state index in [-0.39, 0.29) is 28.8 Å². The molecule has 41 heavy (non-hydrogen) atoms. The minimum atomic E-state index is -2.15. The number of ether oxygens (including phenoxy) is 5. The molecule has 2 aliphatic rings. The number of carbonyl (C=O) groups excluding carboxylic acids is 1. The molecule has 0 unspecified atom stereocenters. The van der Waals surface area contributed by atoms with Crippen LogP contribution >= 0.6 is 0 Å². The largest absolute Gasteiger partial charge is 0.497 e. The van der Waals surface area contributed by atoms with Gasteiger partial charge in [0.05, 0.1) is 39.9 Å². The van der Waals surface area contributed by atoms with Crippen molar-refractivity contribution in [3.05, 3.63) is 101 Å². The van der Waals surface area contributed by atoms with E-state index in [9.17, 15) is 15.0 Å². The van der Waals surface area contributed by atoms with Crippen LogP contribution in [0.15, 0.2) is 83.3 Å². The highest BCUT2D eigenvalue weighted by atomic mass is 16.6. The van der Waals surface area contributed by atoms with E-state index in [1.807, 2.05) is 30.3 Å². The molecule has 0 saturated heterocycles. The number of benzene rings is 3. The molecule has 212 valence electrons. The van der Waals surface area contributed by atoms with Crippen LogP contribution in [0.5, 0.6) is 28.9 Å². The molecule has 1 aromatic heterocycles. The maximum Gasteiger partial charge on any atom is 0.284 e. The lowest BCUT2D eigenvalue weighted by Gasteiger charge is -2.40. The van der Waals surface area contributed by atoms with Gasteiger partial charge in [0.25, 0.3) is 5.95 Å². The van der Waals surface area contributed by atoms with E-state index in [2.05, 4.69) is 0 Å². The van der Waals surface area contributed by atoms with Crippen molar-refractivity contribution in [1.82, 2.24) is 0 Å². The molecule has 2 N–H and O–H groups in total. The Kier molecular flexibility index (Phi) is 6.43. The van der Waals surface area contributed by atoms with Crippen molar-refractivity contribution in [1.29, 1.82) is 0 Å². The average Bonchev–Trinajstić information content (AvgIpc) is 3.66. The molecule has 0 amide bonds. The molecule has 1 aliphatic heterocycles. The van der Waals surface area contributed by atoms with Crippen LogP contribution in [0.3, 0.4) is 0 Å². The first-order chi connectivity index (χ1) is 19.8. The van der Waals surface area contributed by atoms with Gasteiger partial charge in [-0.1, -0.05) is 42.5 Å². The van der Waals surface area contributed by atoms with Gasteiger partial charge in [-0.2, -0.15) is 0 Å². The van der Waals surface area contributed by atoms with Crippen LogP contribution in [-0.4, -0.2) is 50.5 Å². The zero-order valence-corrected chi connectivity index (χ0v) is 23.0. The van der Waals surface area contributed by atoms with Crippen molar-refractivity contribution in [3.63, 3.8) is 0 Å². The summed E-state index contributed by atoms with van der Waals surface area (Å²) in [5, 5.41) is 25.2. The summed E-state index contributed by atoms with van der Waals surface area (Å²) < 4.78 is 34.2. The van der Waals surface area contributed by atoms with Crippen molar-refractivity contribution in [2.45, 2.75) is 23.2 Å². The molecular formula is C32H30O9. The van der Waals surface area contributed by atoms with Crippen LogP contribution in [0.4, 0.5) is 0 Å². The van der Waals surface area contributed by atoms with E-state index in [0.29, 0.717) is 22.6 Å². The van der Waals surface area contributed by atoms with E-state index < -0.39 is 34.9 Å². The molecular weight excluding hydrogens is 528 g/mol. The molecule has 0 bridgehead atoms. The summed E-state index contributed by atoms with van der Waals surface area (Å²) >= 11 is 0. The Bertz CT molecular complexity index is 1580. The SMILES string of the molecule is COc1ccc([C@@]23Oc4cc(OC)cc(OC)c4[C@]2(O)[C@H](O)[C@H](C(=O)c2ccc(OC)o2)[C@H]3c2ccccc2)cc1. The second-order valence-electron chi connectivity index (χ2n) is 10.1. The monoisotopic (exact) mass is 558 g/mol. The van der Waals surface area contributed by atoms with Crippen LogP contribution in [0.2, 0.25) is 0 Å². The lowest BCUT2D eigenvalue weighted by Crippen LogP contribution is -2.52. The van der Waals surface area contributed by atoms with Crippen molar-refractivity contribution >= 4 is 5.78 Å². The number of fused-ring (bicyclic) bond motifs is 3. The summed E-state index contributed by atoms with van der Waals surface area (Å²) in [5.74, 6) is -0.907. The first kappa shape index (κ1) is 26.7. The number of aliphatic hydroxyl groups excluding tert-OH is 1. The maximum atomic E-state index is 14.2. The Labute approximate surface area is 236 Å². The van der Waals surface area contributed by atoms with Crippen LogP contribution in [-0.2, 0) is 11.2 Å². The Morgan fingerprint density at radius 1 is 0.829 bits per heavy atom. The summed E-state index contributed by atoms with van der Waals surface area (Å²) in [6, 6.07) is 22.5. The van der Waals surface area contributed by atoms with Crippen LogP contribution in [0.25, 0.3) is 0 Å². The highest BCUT2D eigenvalue weighted by Gasteiger charge is 2.78. The van der Waals surface area contributed by atoms with Gasteiger partial charge in [-0.25, -0.2) is 0 Å². The first-order valence-corrected chi connectivity index (χ1v) is 13.1. The average molecular weight is 559 g/mol. The summed E-state index contributed by atoms with van der Waals surface area (Å²) in [4.78, 5) is 14.2. The minimum absolute atomic E-state index is 0.0118. The van der Waals surface area contributed by atoms with Gasteiger partial charge in [0.1, 0.15) is 29.1 Å².